The zero-order valence-corrected chi connectivity index (χ0v) is 14.0. The van der Waals surface area contributed by atoms with Gasteiger partial charge in [0.1, 0.15) is 30.2 Å². The number of ether oxygens (including phenoxy) is 2. The van der Waals surface area contributed by atoms with Crippen LogP contribution in [0.1, 0.15) is 17.2 Å². The van der Waals surface area contributed by atoms with Crippen molar-refractivity contribution in [3.05, 3.63) is 69.8 Å². The van der Waals surface area contributed by atoms with Gasteiger partial charge in [-0.05, 0) is 35.4 Å². The Morgan fingerprint density at radius 2 is 1.63 bits per heavy atom. The van der Waals surface area contributed by atoms with Crippen molar-refractivity contribution in [2.45, 2.75) is 30.7 Å². The highest BCUT2D eigenvalue weighted by Crippen LogP contribution is 2.27. The number of non-ortho nitro benzene ring substituents is 1. The van der Waals surface area contributed by atoms with Crippen LogP contribution in [0.2, 0.25) is 0 Å². The highest BCUT2D eigenvalue weighted by Gasteiger charge is 2.35. The maximum Gasteiger partial charge on any atom is 0.269 e. The third-order valence-electron chi connectivity index (χ3n) is 4.32. The molecule has 1 saturated heterocycles. The maximum absolute atomic E-state index is 11.8. The van der Waals surface area contributed by atoms with Crippen molar-refractivity contribution < 1.29 is 34.8 Å². The fourth-order valence-corrected chi connectivity index (χ4v) is 2.75. The molecule has 1 aliphatic rings. The van der Waals surface area contributed by atoms with E-state index in [-0.39, 0.29) is 18.0 Å². The summed E-state index contributed by atoms with van der Waals surface area (Å²) in [7, 11) is 0. The predicted molar refractivity (Wildman–Crippen MR) is 89.8 cm³/mol. The highest BCUT2D eigenvalue weighted by molar-refractivity contribution is 5.38. The maximum atomic E-state index is 11.8. The van der Waals surface area contributed by atoms with Gasteiger partial charge in [-0.3, -0.25) is 10.1 Å². The summed E-state index contributed by atoms with van der Waals surface area (Å²) in [6, 6.07) is 11.7. The van der Waals surface area contributed by atoms with Crippen LogP contribution >= 0.6 is 0 Å². The summed E-state index contributed by atoms with van der Waals surface area (Å²) < 4.78 is 10.2. The molecule has 0 spiro atoms. The second kappa shape index (κ2) is 7.99. The van der Waals surface area contributed by atoms with Gasteiger partial charge in [0, 0.05) is 18.4 Å². The first-order chi connectivity index (χ1) is 12.9. The summed E-state index contributed by atoms with van der Waals surface area (Å²) >= 11 is 0. The molecule has 9 nitrogen and oxygen atoms in total. The molecule has 0 radical (unpaired) electrons. The van der Waals surface area contributed by atoms with E-state index in [1.165, 1.54) is 36.4 Å². The molecule has 144 valence electrons. The topological polar surface area (TPSA) is 145 Å². The molecule has 5 atom stereocenters. The lowest BCUT2D eigenvalue weighted by Crippen LogP contribution is -2.60. The fourth-order valence-electron chi connectivity index (χ4n) is 2.75. The van der Waals surface area contributed by atoms with Crippen LogP contribution in [0.25, 0.3) is 0 Å². The molecule has 1 heterocycles. The first-order valence-electron chi connectivity index (χ1n) is 8.19. The Hall–Kier alpha value is -2.56. The van der Waals surface area contributed by atoms with Crippen LogP contribution in [0, 0.1) is 10.1 Å². The molecule has 1 fully saturated rings. The molecule has 0 aromatic heterocycles. The van der Waals surface area contributed by atoms with E-state index in [0.717, 1.165) is 0 Å². The van der Waals surface area contributed by atoms with Gasteiger partial charge in [-0.1, -0.05) is 12.1 Å². The molecule has 1 aliphatic heterocycles. The zero-order valence-electron chi connectivity index (χ0n) is 14.0. The van der Waals surface area contributed by atoms with Crippen molar-refractivity contribution in [2.24, 2.45) is 0 Å². The predicted octanol–water partition coefficient (Wildman–Crippen LogP) is -0.138. The number of aliphatic hydroxyl groups excluding tert-OH is 3. The van der Waals surface area contributed by atoms with Crippen LogP contribution in [-0.4, -0.2) is 51.5 Å². The molecule has 2 aromatic carbocycles. The van der Waals surface area contributed by atoms with Gasteiger partial charge in [-0.15, -0.1) is 0 Å². The van der Waals surface area contributed by atoms with Crippen LogP contribution in [0.3, 0.4) is 0 Å². The summed E-state index contributed by atoms with van der Waals surface area (Å²) in [5.41, 5.74) is 0.917. The Labute approximate surface area is 154 Å². The Morgan fingerprint density at radius 1 is 1.07 bits per heavy atom. The SMILES string of the molecule is O=[N+]([O-])c1ccc(C(O)c2ccc(O[C@@H]3[C@@H](O)[C@H](O)CO[C@H]3[O-])cc2)cc1. The Bertz CT molecular complexity index is 779. The first kappa shape index (κ1) is 19.2. The number of benzene rings is 2. The largest absolute Gasteiger partial charge is 0.828 e. The van der Waals surface area contributed by atoms with Gasteiger partial charge >= 0.3 is 0 Å². The smallest absolute Gasteiger partial charge is 0.269 e. The Balaban J connectivity index is 1.70. The van der Waals surface area contributed by atoms with Gasteiger partial charge in [0.05, 0.1) is 11.5 Å². The van der Waals surface area contributed by atoms with Crippen molar-refractivity contribution in [1.82, 2.24) is 0 Å². The van der Waals surface area contributed by atoms with E-state index >= 15 is 0 Å². The van der Waals surface area contributed by atoms with Gasteiger partial charge in [-0.25, -0.2) is 0 Å². The Kier molecular flexibility index (Phi) is 5.68. The number of hydrogen-bond donors (Lipinski definition) is 3. The standard InChI is InChI=1S/C18H18NO8/c20-14-9-26-18(23)17(16(14)22)27-13-7-3-11(4-8-13)15(21)10-1-5-12(6-2-10)19(24)25/h1-8,14-18,20-22H,9H2/q-1/t14-,15?,16+,17-,18-/m1/s1. The minimum absolute atomic E-state index is 0.0719. The molecule has 2 aromatic rings. The minimum Gasteiger partial charge on any atom is -0.828 e. The molecule has 3 rings (SSSR count). The molecule has 27 heavy (non-hydrogen) atoms. The third-order valence-corrected chi connectivity index (χ3v) is 4.32. The van der Waals surface area contributed by atoms with Crippen molar-refractivity contribution in [3.8, 4) is 5.75 Å². The second-order valence-corrected chi connectivity index (χ2v) is 6.16. The second-order valence-electron chi connectivity index (χ2n) is 6.16. The molecular formula is C18H18NO8-. The molecule has 3 N–H and O–H groups in total. The number of nitro groups is 1. The van der Waals surface area contributed by atoms with Gasteiger partial charge in [0.2, 0.25) is 0 Å². The molecule has 0 aliphatic carbocycles. The fraction of sp³-hybridized carbons (Fsp3) is 0.333. The van der Waals surface area contributed by atoms with E-state index < -0.39 is 35.6 Å². The molecule has 1 unspecified atom stereocenters. The van der Waals surface area contributed by atoms with Crippen LogP contribution in [0.5, 0.6) is 5.75 Å². The summed E-state index contributed by atoms with van der Waals surface area (Å²) in [5.74, 6) is 0.261. The number of hydrogen-bond acceptors (Lipinski definition) is 8. The quantitative estimate of drug-likeness (QED) is 0.483. The van der Waals surface area contributed by atoms with E-state index in [1.54, 1.807) is 12.1 Å². The lowest BCUT2D eigenvalue weighted by molar-refractivity contribution is -0.521. The van der Waals surface area contributed by atoms with Crippen LogP contribution in [0.15, 0.2) is 48.5 Å². The van der Waals surface area contributed by atoms with E-state index in [9.17, 15) is 30.5 Å². The molecule has 0 bridgehead atoms. The number of rotatable bonds is 5. The minimum atomic E-state index is -1.63. The van der Waals surface area contributed by atoms with Crippen LogP contribution < -0.4 is 9.84 Å². The number of aliphatic hydroxyl groups is 3. The van der Waals surface area contributed by atoms with Gasteiger partial charge in [0.25, 0.3) is 5.69 Å². The summed E-state index contributed by atoms with van der Waals surface area (Å²) in [6.45, 7) is -0.254. The molecule has 9 heteroatoms. The summed E-state index contributed by atoms with van der Waals surface area (Å²) in [6.07, 6.45) is -6.47. The van der Waals surface area contributed by atoms with Crippen LogP contribution in [-0.2, 0) is 4.74 Å². The van der Waals surface area contributed by atoms with Crippen LogP contribution in [0.4, 0.5) is 5.69 Å². The summed E-state index contributed by atoms with van der Waals surface area (Å²) in [5, 5.41) is 52.3. The van der Waals surface area contributed by atoms with E-state index in [0.29, 0.717) is 11.1 Å². The van der Waals surface area contributed by atoms with E-state index in [2.05, 4.69) is 0 Å². The molecule has 0 saturated carbocycles. The number of nitro benzene ring substituents is 1. The lowest BCUT2D eigenvalue weighted by Gasteiger charge is -2.41. The van der Waals surface area contributed by atoms with Gasteiger partial charge in [-0.2, -0.15) is 0 Å². The first-order valence-corrected chi connectivity index (χ1v) is 8.19. The van der Waals surface area contributed by atoms with E-state index in [1.807, 2.05) is 0 Å². The van der Waals surface area contributed by atoms with Gasteiger partial charge < -0.3 is 29.9 Å². The summed E-state index contributed by atoms with van der Waals surface area (Å²) in [4.78, 5) is 10.2. The normalized spacial score (nSPS) is 26.4. The average Bonchev–Trinajstić information content (AvgIpc) is 2.68. The van der Waals surface area contributed by atoms with E-state index in [4.69, 9.17) is 9.47 Å². The van der Waals surface area contributed by atoms with Crippen molar-refractivity contribution in [3.63, 3.8) is 0 Å². The zero-order chi connectivity index (χ0) is 19.6. The average molecular weight is 376 g/mol. The highest BCUT2D eigenvalue weighted by atomic mass is 16.6. The van der Waals surface area contributed by atoms with Crippen molar-refractivity contribution in [1.29, 1.82) is 0 Å². The molecule has 0 amide bonds. The Morgan fingerprint density at radius 3 is 2.19 bits per heavy atom. The van der Waals surface area contributed by atoms with Crippen molar-refractivity contribution in [2.75, 3.05) is 6.61 Å². The van der Waals surface area contributed by atoms with Gasteiger partial charge in [0.15, 0.2) is 0 Å². The lowest BCUT2D eigenvalue weighted by atomic mass is 10.0. The molecular weight excluding hydrogens is 358 g/mol. The third kappa shape index (κ3) is 4.24. The monoisotopic (exact) mass is 376 g/mol. The number of nitrogens with zero attached hydrogens (tertiary/aromatic N) is 1. The van der Waals surface area contributed by atoms with Crippen molar-refractivity contribution >= 4 is 5.69 Å².